The first-order valence-electron chi connectivity index (χ1n) is 10.0. The van der Waals surface area contributed by atoms with Crippen LogP contribution in [0, 0.1) is 10.1 Å². The lowest BCUT2D eigenvalue weighted by atomic mass is 9.78. The van der Waals surface area contributed by atoms with Crippen molar-refractivity contribution in [3.63, 3.8) is 0 Å². The Balaban J connectivity index is 2.13. The molecule has 1 aromatic rings. The molecule has 0 aliphatic carbocycles. The predicted octanol–water partition coefficient (Wildman–Crippen LogP) is 3.15. The molecule has 3 rings (SSSR count). The molecule has 0 radical (unpaired) electrons. The molecular formula is C22H25N3O7. The maximum absolute atomic E-state index is 13.5. The highest BCUT2D eigenvalue weighted by Gasteiger charge is 2.44. The van der Waals surface area contributed by atoms with Crippen molar-refractivity contribution >= 4 is 23.7 Å². The number of methoxy groups -OCH3 is 1. The second kappa shape index (κ2) is 8.45. The van der Waals surface area contributed by atoms with Crippen LogP contribution in [-0.2, 0) is 19.1 Å². The summed E-state index contributed by atoms with van der Waals surface area (Å²) in [6.45, 7) is 6.85. The summed E-state index contributed by atoms with van der Waals surface area (Å²) in [7, 11) is 1.21. The number of nitrogens with zero attached hydrogens (tertiary/aromatic N) is 2. The van der Waals surface area contributed by atoms with Crippen molar-refractivity contribution in [2.75, 3.05) is 13.7 Å². The second-order valence-electron chi connectivity index (χ2n) is 8.52. The van der Waals surface area contributed by atoms with E-state index in [1.54, 1.807) is 33.8 Å². The number of nitro groups is 1. The molecule has 10 heteroatoms. The van der Waals surface area contributed by atoms with Gasteiger partial charge in [0.05, 0.1) is 23.5 Å². The maximum Gasteiger partial charge on any atom is 0.417 e. The van der Waals surface area contributed by atoms with E-state index in [9.17, 15) is 24.5 Å². The molecule has 32 heavy (non-hydrogen) atoms. The van der Waals surface area contributed by atoms with E-state index in [1.807, 2.05) is 0 Å². The summed E-state index contributed by atoms with van der Waals surface area (Å²) in [5, 5.41) is 14.4. The highest BCUT2D eigenvalue weighted by Crippen LogP contribution is 2.42. The van der Waals surface area contributed by atoms with Gasteiger partial charge in [0, 0.05) is 42.1 Å². The van der Waals surface area contributed by atoms with Crippen LogP contribution in [0.5, 0.6) is 0 Å². The minimum atomic E-state index is -0.948. The average molecular weight is 443 g/mol. The number of hydrogen-bond donors (Lipinski definition) is 1. The summed E-state index contributed by atoms with van der Waals surface area (Å²) in [6, 6.07) is 5.73. The summed E-state index contributed by atoms with van der Waals surface area (Å²) in [5.74, 6) is -2.25. The zero-order chi connectivity index (χ0) is 23.8. The standard InChI is InChI=1S/C22H25N3O7/c1-12-16(20(27)31-5)17(13-7-6-8-14(11-13)25(29)30)18-15(23-12)9-10-24(19(18)26)21(28)32-22(2,3)4/h6-8,11,17,23H,9-10H2,1-5H3. The summed E-state index contributed by atoms with van der Waals surface area (Å²) >= 11 is 0. The van der Waals surface area contributed by atoms with Crippen LogP contribution in [0.4, 0.5) is 10.5 Å². The fraction of sp³-hybridized carbons (Fsp3) is 0.409. The summed E-state index contributed by atoms with van der Waals surface area (Å²) in [5.41, 5.74) is 0.718. The Morgan fingerprint density at radius 1 is 1.28 bits per heavy atom. The minimum absolute atomic E-state index is 0.0993. The Kier molecular flexibility index (Phi) is 6.07. The first-order valence-corrected chi connectivity index (χ1v) is 10.0. The maximum atomic E-state index is 13.5. The largest absolute Gasteiger partial charge is 0.466 e. The Bertz CT molecular complexity index is 1070. The molecule has 2 heterocycles. The highest BCUT2D eigenvalue weighted by molar-refractivity contribution is 6.07. The van der Waals surface area contributed by atoms with Crippen LogP contribution in [-0.4, -0.2) is 47.0 Å². The van der Waals surface area contributed by atoms with Crippen LogP contribution >= 0.6 is 0 Å². The molecule has 0 saturated carbocycles. The van der Waals surface area contributed by atoms with Crippen LogP contribution in [0.1, 0.15) is 45.6 Å². The normalized spacial score (nSPS) is 18.7. The van der Waals surface area contributed by atoms with E-state index in [0.717, 1.165) is 4.90 Å². The lowest BCUT2D eigenvalue weighted by Gasteiger charge is -2.37. The Labute approximate surface area is 185 Å². The number of esters is 1. The average Bonchev–Trinajstić information content (AvgIpc) is 2.71. The number of nitrogens with one attached hydrogen (secondary N) is 1. The third kappa shape index (κ3) is 4.34. The number of ether oxygens (including phenoxy) is 2. The molecule has 2 aliphatic heterocycles. The quantitative estimate of drug-likeness (QED) is 0.429. The third-order valence-electron chi connectivity index (χ3n) is 5.14. The van der Waals surface area contributed by atoms with E-state index < -0.39 is 34.4 Å². The van der Waals surface area contributed by atoms with Gasteiger partial charge in [-0.05, 0) is 33.3 Å². The van der Waals surface area contributed by atoms with Crippen LogP contribution < -0.4 is 5.32 Å². The summed E-state index contributed by atoms with van der Waals surface area (Å²) in [4.78, 5) is 50.6. The monoisotopic (exact) mass is 443 g/mol. The SMILES string of the molecule is COC(=O)C1=C(C)NC2=C(C(=O)N(C(=O)OC(C)(C)C)CC2)C1c1cccc([N+](=O)[O-])c1. The van der Waals surface area contributed by atoms with E-state index in [4.69, 9.17) is 9.47 Å². The summed E-state index contributed by atoms with van der Waals surface area (Å²) in [6.07, 6.45) is -0.477. The van der Waals surface area contributed by atoms with Gasteiger partial charge in [0.2, 0.25) is 0 Å². The van der Waals surface area contributed by atoms with Crippen molar-refractivity contribution in [1.29, 1.82) is 0 Å². The van der Waals surface area contributed by atoms with Gasteiger partial charge in [-0.2, -0.15) is 0 Å². The number of nitro benzene ring substituents is 1. The number of carbonyl (C=O) groups excluding carboxylic acids is 3. The molecule has 10 nitrogen and oxygen atoms in total. The van der Waals surface area contributed by atoms with Crippen LogP contribution in [0.3, 0.4) is 0 Å². The van der Waals surface area contributed by atoms with Crippen molar-refractivity contribution < 1.29 is 28.8 Å². The topological polar surface area (TPSA) is 128 Å². The fourth-order valence-corrected chi connectivity index (χ4v) is 3.84. The number of rotatable bonds is 3. The molecule has 0 aromatic heterocycles. The number of allylic oxidation sites excluding steroid dienone is 1. The molecule has 1 atom stereocenters. The molecule has 170 valence electrons. The minimum Gasteiger partial charge on any atom is -0.466 e. The number of dihydropyridines is 1. The molecule has 1 aromatic carbocycles. The van der Waals surface area contributed by atoms with Gasteiger partial charge in [-0.15, -0.1) is 0 Å². The molecule has 0 saturated heterocycles. The summed E-state index contributed by atoms with van der Waals surface area (Å²) < 4.78 is 10.3. The van der Waals surface area contributed by atoms with Crippen LogP contribution in [0.2, 0.25) is 0 Å². The van der Waals surface area contributed by atoms with Gasteiger partial charge in [-0.1, -0.05) is 12.1 Å². The Hall–Kier alpha value is -3.69. The van der Waals surface area contributed by atoms with Gasteiger partial charge in [0.1, 0.15) is 5.60 Å². The van der Waals surface area contributed by atoms with Gasteiger partial charge >= 0.3 is 12.1 Å². The highest BCUT2D eigenvalue weighted by atomic mass is 16.6. The van der Waals surface area contributed by atoms with Crippen molar-refractivity contribution in [3.8, 4) is 0 Å². The number of amides is 2. The smallest absolute Gasteiger partial charge is 0.417 e. The van der Waals surface area contributed by atoms with E-state index in [0.29, 0.717) is 23.4 Å². The number of benzene rings is 1. The number of hydrogen-bond acceptors (Lipinski definition) is 8. The molecule has 1 unspecified atom stereocenters. The Morgan fingerprint density at radius 2 is 1.97 bits per heavy atom. The van der Waals surface area contributed by atoms with E-state index in [-0.39, 0.29) is 23.4 Å². The number of carbonyl (C=O) groups is 3. The zero-order valence-electron chi connectivity index (χ0n) is 18.6. The number of non-ortho nitro benzene ring substituents is 1. The Morgan fingerprint density at radius 3 is 2.56 bits per heavy atom. The van der Waals surface area contributed by atoms with Crippen molar-refractivity contribution in [3.05, 3.63) is 62.5 Å². The van der Waals surface area contributed by atoms with Crippen molar-refractivity contribution in [1.82, 2.24) is 10.2 Å². The van der Waals surface area contributed by atoms with Gasteiger partial charge in [0.25, 0.3) is 11.6 Å². The third-order valence-corrected chi connectivity index (χ3v) is 5.14. The van der Waals surface area contributed by atoms with Crippen molar-refractivity contribution in [2.24, 2.45) is 0 Å². The molecule has 1 N–H and O–H groups in total. The van der Waals surface area contributed by atoms with Gasteiger partial charge in [-0.25, -0.2) is 14.5 Å². The van der Waals surface area contributed by atoms with Gasteiger partial charge in [-0.3, -0.25) is 14.9 Å². The second-order valence-corrected chi connectivity index (χ2v) is 8.52. The molecule has 2 amide bonds. The van der Waals surface area contributed by atoms with Gasteiger partial charge < -0.3 is 14.8 Å². The molecule has 0 bridgehead atoms. The van der Waals surface area contributed by atoms with Crippen LogP contribution in [0.15, 0.2) is 46.8 Å². The first kappa shape index (κ1) is 23.0. The van der Waals surface area contributed by atoms with Crippen LogP contribution in [0.25, 0.3) is 0 Å². The van der Waals surface area contributed by atoms with Gasteiger partial charge in [0.15, 0.2) is 0 Å². The lowest BCUT2D eigenvalue weighted by Crippen LogP contribution is -2.48. The fourth-order valence-electron chi connectivity index (χ4n) is 3.84. The van der Waals surface area contributed by atoms with E-state index >= 15 is 0 Å². The molecular weight excluding hydrogens is 418 g/mol. The van der Waals surface area contributed by atoms with Crippen molar-refractivity contribution in [2.45, 2.75) is 45.6 Å². The predicted molar refractivity (Wildman–Crippen MR) is 113 cm³/mol. The first-order chi connectivity index (χ1) is 14.9. The molecule has 2 aliphatic rings. The molecule has 0 spiro atoms. The van der Waals surface area contributed by atoms with E-state index in [2.05, 4.69) is 5.32 Å². The van der Waals surface area contributed by atoms with E-state index in [1.165, 1.54) is 25.3 Å². The number of imide groups is 1. The molecule has 0 fully saturated rings. The lowest BCUT2D eigenvalue weighted by molar-refractivity contribution is -0.384. The zero-order valence-corrected chi connectivity index (χ0v) is 18.6.